The van der Waals surface area contributed by atoms with Gasteiger partial charge in [-0.3, -0.25) is 38.7 Å². The normalized spacial score (nSPS) is 13.5. The van der Waals surface area contributed by atoms with Crippen LogP contribution in [0.4, 0.5) is 0 Å². The number of hydrogen-bond donors (Lipinski definition) is 1. The summed E-state index contributed by atoms with van der Waals surface area (Å²) in [5.74, 6) is -3.20. The molecule has 0 spiro atoms. The van der Waals surface area contributed by atoms with E-state index in [2.05, 4.69) is 0 Å². The Morgan fingerprint density at radius 2 is 0.889 bits per heavy atom. The molecular weight excluding hydrogens is 586 g/mol. The van der Waals surface area contributed by atoms with Gasteiger partial charge < -0.3 is 24.1 Å². The number of rotatable bonds is 17. The maximum atomic E-state index is 13.1. The molecule has 0 fully saturated rings. The molecule has 0 aliphatic heterocycles. The molecule has 0 saturated heterocycles. The minimum atomic E-state index is -1.08. The molecule has 0 rings (SSSR count). The summed E-state index contributed by atoms with van der Waals surface area (Å²) >= 11 is 0. The number of aliphatic carboxylic acids is 1. The number of carboxylic acid groups (broad SMARTS) is 1. The third-order valence-electron chi connectivity index (χ3n) is 5.60. The van der Waals surface area contributed by atoms with E-state index in [4.69, 9.17) is 18.9 Å². The Labute approximate surface area is 269 Å². The van der Waals surface area contributed by atoms with Crippen molar-refractivity contribution in [3.63, 3.8) is 0 Å². The van der Waals surface area contributed by atoms with Crippen LogP contribution in [0.15, 0.2) is 0 Å². The van der Waals surface area contributed by atoms with Crippen molar-refractivity contribution in [2.75, 3.05) is 52.4 Å². The Bertz CT molecular complexity index is 957. The standard InChI is InChI=1S/C32H59N3O10/c1-14-23(28(41)45-32(11,12)13)35(22-27(40)44-31(8,9)10)18-17-33(19-24(36)37)15-16-34(20-25(38)42-29(2,3)4)21-26(39)43-30(5,6)7/h23H,14-22H2,1-13H3,(H,36,37). The summed E-state index contributed by atoms with van der Waals surface area (Å²) in [6, 6.07) is -0.778. The molecule has 0 heterocycles. The van der Waals surface area contributed by atoms with Crippen LogP contribution in [0.2, 0.25) is 0 Å². The fourth-order valence-corrected chi connectivity index (χ4v) is 4.17. The van der Waals surface area contributed by atoms with E-state index >= 15 is 0 Å². The van der Waals surface area contributed by atoms with E-state index in [9.17, 15) is 29.1 Å². The third-order valence-corrected chi connectivity index (χ3v) is 5.60. The van der Waals surface area contributed by atoms with E-state index in [-0.39, 0.29) is 52.4 Å². The van der Waals surface area contributed by atoms with Crippen LogP contribution in [-0.4, -0.2) is 130 Å². The zero-order chi connectivity index (χ0) is 35.4. The van der Waals surface area contributed by atoms with Crippen molar-refractivity contribution in [2.24, 2.45) is 0 Å². The topological polar surface area (TPSA) is 152 Å². The van der Waals surface area contributed by atoms with Crippen LogP contribution < -0.4 is 0 Å². The van der Waals surface area contributed by atoms with Crippen molar-refractivity contribution < 1.29 is 48.0 Å². The molecule has 0 aliphatic carbocycles. The van der Waals surface area contributed by atoms with Gasteiger partial charge in [0.05, 0.1) is 26.2 Å². The summed E-state index contributed by atoms with van der Waals surface area (Å²) in [6.07, 6.45) is 0.343. The minimum Gasteiger partial charge on any atom is -0.480 e. The van der Waals surface area contributed by atoms with Gasteiger partial charge in [0.2, 0.25) is 0 Å². The lowest BCUT2D eigenvalue weighted by Crippen LogP contribution is -2.51. The summed E-state index contributed by atoms with van der Waals surface area (Å²) in [7, 11) is 0. The number of carbonyl (C=O) groups excluding carboxylic acids is 4. The molecule has 45 heavy (non-hydrogen) atoms. The lowest BCUT2D eigenvalue weighted by atomic mass is 10.1. The summed E-state index contributed by atoms with van der Waals surface area (Å²) in [5.41, 5.74) is -2.95. The molecule has 0 aromatic carbocycles. The summed E-state index contributed by atoms with van der Waals surface area (Å²) in [4.78, 5) is 67.8. The number of esters is 4. The highest BCUT2D eigenvalue weighted by Gasteiger charge is 2.32. The van der Waals surface area contributed by atoms with Gasteiger partial charge in [0.1, 0.15) is 28.4 Å². The molecule has 0 radical (unpaired) electrons. The lowest BCUT2D eigenvalue weighted by molar-refractivity contribution is -0.165. The SMILES string of the molecule is CCC(C(=O)OC(C)(C)C)N(CCN(CCN(CC(=O)OC(C)(C)C)CC(=O)OC(C)(C)C)CC(=O)O)CC(=O)OC(C)(C)C. The average Bonchev–Trinajstić information content (AvgIpc) is 2.75. The molecule has 13 nitrogen and oxygen atoms in total. The van der Waals surface area contributed by atoms with E-state index in [1.807, 2.05) is 0 Å². The Morgan fingerprint density at radius 3 is 1.24 bits per heavy atom. The zero-order valence-corrected chi connectivity index (χ0v) is 29.9. The molecule has 1 N–H and O–H groups in total. The Hall–Kier alpha value is -2.77. The summed E-state index contributed by atoms with van der Waals surface area (Å²) in [6.45, 7) is 22.3. The number of ether oxygens (including phenoxy) is 4. The fourth-order valence-electron chi connectivity index (χ4n) is 4.17. The molecule has 0 aromatic rings. The molecular formula is C32H59N3O10. The second kappa shape index (κ2) is 17.8. The van der Waals surface area contributed by atoms with Crippen LogP contribution in [0.3, 0.4) is 0 Å². The van der Waals surface area contributed by atoms with Crippen LogP contribution in [0.5, 0.6) is 0 Å². The van der Waals surface area contributed by atoms with Crippen LogP contribution in [0.1, 0.15) is 96.4 Å². The summed E-state index contributed by atoms with van der Waals surface area (Å²) < 4.78 is 22.0. The predicted molar refractivity (Wildman–Crippen MR) is 170 cm³/mol. The molecule has 0 bridgehead atoms. The molecule has 1 atom stereocenters. The van der Waals surface area contributed by atoms with Crippen molar-refractivity contribution >= 4 is 29.8 Å². The van der Waals surface area contributed by atoms with E-state index in [1.165, 1.54) is 0 Å². The van der Waals surface area contributed by atoms with E-state index in [1.54, 1.807) is 105 Å². The van der Waals surface area contributed by atoms with Gasteiger partial charge in [0, 0.05) is 26.2 Å². The first-order valence-electron chi connectivity index (χ1n) is 15.5. The van der Waals surface area contributed by atoms with Gasteiger partial charge in [-0.05, 0) is 89.5 Å². The van der Waals surface area contributed by atoms with Gasteiger partial charge in [-0.2, -0.15) is 0 Å². The second-order valence-electron chi connectivity index (χ2n) is 15.1. The van der Waals surface area contributed by atoms with Gasteiger partial charge in [-0.25, -0.2) is 0 Å². The van der Waals surface area contributed by atoms with Crippen molar-refractivity contribution in [1.29, 1.82) is 0 Å². The van der Waals surface area contributed by atoms with Crippen LogP contribution in [0.25, 0.3) is 0 Å². The second-order valence-corrected chi connectivity index (χ2v) is 15.1. The first kappa shape index (κ1) is 42.2. The maximum absolute atomic E-state index is 13.1. The van der Waals surface area contributed by atoms with Crippen LogP contribution >= 0.6 is 0 Å². The van der Waals surface area contributed by atoms with E-state index in [0.29, 0.717) is 6.42 Å². The van der Waals surface area contributed by atoms with Gasteiger partial charge in [-0.15, -0.1) is 0 Å². The Morgan fingerprint density at radius 1 is 0.533 bits per heavy atom. The number of carboxylic acids is 1. The Balaban J connectivity index is 5.99. The lowest BCUT2D eigenvalue weighted by Gasteiger charge is -2.34. The highest BCUT2D eigenvalue weighted by Crippen LogP contribution is 2.16. The number of hydrogen-bond acceptors (Lipinski definition) is 12. The number of carbonyl (C=O) groups is 5. The molecule has 0 aromatic heterocycles. The molecule has 0 aliphatic rings. The molecule has 0 amide bonds. The molecule has 13 heteroatoms. The first-order valence-corrected chi connectivity index (χ1v) is 15.5. The fraction of sp³-hybridized carbons (Fsp3) is 0.844. The Kier molecular flexibility index (Phi) is 16.7. The van der Waals surface area contributed by atoms with Crippen molar-refractivity contribution in [3.8, 4) is 0 Å². The number of nitrogens with zero attached hydrogens (tertiary/aromatic N) is 3. The van der Waals surface area contributed by atoms with E-state index in [0.717, 1.165) is 0 Å². The molecule has 262 valence electrons. The zero-order valence-electron chi connectivity index (χ0n) is 29.9. The molecule has 0 saturated carbocycles. The third kappa shape index (κ3) is 22.4. The highest BCUT2D eigenvalue weighted by atomic mass is 16.6. The maximum Gasteiger partial charge on any atom is 0.323 e. The smallest absolute Gasteiger partial charge is 0.323 e. The average molecular weight is 646 g/mol. The van der Waals surface area contributed by atoms with Crippen LogP contribution in [0, 0.1) is 0 Å². The summed E-state index contributed by atoms with van der Waals surface area (Å²) in [5, 5.41) is 9.64. The largest absolute Gasteiger partial charge is 0.480 e. The highest BCUT2D eigenvalue weighted by molar-refractivity contribution is 5.78. The van der Waals surface area contributed by atoms with Crippen molar-refractivity contribution in [3.05, 3.63) is 0 Å². The quantitative estimate of drug-likeness (QED) is 0.182. The van der Waals surface area contributed by atoms with E-state index < -0.39 is 58.3 Å². The van der Waals surface area contributed by atoms with Crippen molar-refractivity contribution in [2.45, 2.75) is 125 Å². The van der Waals surface area contributed by atoms with Gasteiger partial charge in [0.15, 0.2) is 0 Å². The van der Waals surface area contributed by atoms with Gasteiger partial charge >= 0.3 is 29.8 Å². The van der Waals surface area contributed by atoms with Gasteiger partial charge in [0.25, 0.3) is 0 Å². The minimum absolute atomic E-state index is 0.140. The van der Waals surface area contributed by atoms with Crippen molar-refractivity contribution in [1.82, 2.24) is 14.7 Å². The monoisotopic (exact) mass is 645 g/mol. The first-order chi connectivity index (χ1) is 20.2. The molecule has 1 unspecified atom stereocenters. The van der Waals surface area contributed by atoms with Gasteiger partial charge in [-0.1, -0.05) is 6.92 Å². The predicted octanol–water partition coefficient (Wildman–Crippen LogP) is 3.12. The van der Waals surface area contributed by atoms with Crippen LogP contribution in [-0.2, 0) is 42.9 Å².